The van der Waals surface area contributed by atoms with Crippen LogP contribution < -0.4 is 11.3 Å². The number of nitrogens with one attached hydrogen (secondary N) is 1. The summed E-state index contributed by atoms with van der Waals surface area (Å²) in [6.45, 7) is 7.18. The van der Waals surface area contributed by atoms with Crippen molar-refractivity contribution in [3.8, 4) is 0 Å². The highest BCUT2D eigenvalue weighted by Gasteiger charge is 2.24. The van der Waals surface area contributed by atoms with E-state index in [0.717, 1.165) is 32.1 Å². The zero-order valence-electron chi connectivity index (χ0n) is 11.0. The molecule has 0 aromatic carbocycles. The average Bonchev–Trinajstić information content (AvgIpc) is 2.28. The Kier molecular flexibility index (Phi) is 6.25. The summed E-state index contributed by atoms with van der Waals surface area (Å²) in [6, 6.07) is 0. The van der Waals surface area contributed by atoms with Crippen molar-refractivity contribution in [3.05, 3.63) is 0 Å². The zero-order valence-corrected chi connectivity index (χ0v) is 11.0. The Morgan fingerprint density at radius 2 is 2.12 bits per heavy atom. The van der Waals surface area contributed by atoms with E-state index in [0.29, 0.717) is 6.54 Å². The maximum absolute atomic E-state index is 5.67. The van der Waals surface area contributed by atoms with Gasteiger partial charge in [0.25, 0.3) is 0 Å². The number of guanidine groups is 1. The second kappa shape index (κ2) is 7.47. The number of morpholine rings is 1. The maximum Gasteiger partial charge on any atom is 0.208 e. The summed E-state index contributed by atoms with van der Waals surface area (Å²) < 4.78 is 10.7. The summed E-state index contributed by atoms with van der Waals surface area (Å²) >= 11 is 0. The summed E-state index contributed by atoms with van der Waals surface area (Å²) in [5.74, 6) is 6.25. The maximum atomic E-state index is 5.67. The first kappa shape index (κ1) is 14.2. The van der Waals surface area contributed by atoms with E-state index >= 15 is 0 Å². The van der Waals surface area contributed by atoms with E-state index in [1.165, 1.54) is 0 Å². The van der Waals surface area contributed by atoms with Crippen molar-refractivity contribution in [2.24, 2.45) is 10.8 Å². The van der Waals surface area contributed by atoms with Gasteiger partial charge < -0.3 is 14.4 Å². The number of aliphatic imine (C=N–C) groups is 1. The van der Waals surface area contributed by atoms with E-state index in [-0.39, 0.29) is 12.2 Å². The van der Waals surface area contributed by atoms with Crippen LogP contribution in [0.25, 0.3) is 0 Å². The smallest absolute Gasteiger partial charge is 0.208 e. The fourth-order valence-corrected chi connectivity index (χ4v) is 1.98. The summed E-state index contributed by atoms with van der Waals surface area (Å²) in [7, 11) is 1.69. The first-order valence-corrected chi connectivity index (χ1v) is 6.07. The van der Waals surface area contributed by atoms with Crippen molar-refractivity contribution in [2.75, 3.05) is 33.4 Å². The van der Waals surface area contributed by atoms with Gasteiger partial charge in [-0.1, -0.05) is 0 Å². The summed E-state index contributed by atoms with van der Waals surface area (Å²) in [6.07, 6.45) is 1.31. The van der Waals surface area contributed by atoms with Gasteiger partial charge in [0, 0.05) is 33.4 Å². The lowest BCUT2D eigenvalue weighted by Gasteiger charge is -2.36. The van der Waals surface area contributed by atoms with E-state index in [1.807, 2.05) is 0 Å². The molecule has 1 aliphatic heterocycles. The lowest BCUT2D eigenvalue weighted by Crippen LogP contribution is -2.54. The van der Waals surface area contributed by atoms with Gasteiger partial charge in [-0.15, -0.1) is 0 Å². The number of hydrogen-bond donors (Lipinski definition) is 2. The third-order valence-corrected chi connectivity index (χ3v) is 2.62. The molecular formula is C11H24N4O2. The highest BCUT2D eigenvalue weighted by Crippen LogP contribution is 2.10. The van der Waals surface area contributed by atoms with Crippen molar-refractivity contribution < 1.29 is 9.47 Å². The number of nitrogens with zero attached hydrogens (tertiary/aromatic N) is 2. The molecule has 1 fully saturated rings. The molecule has 1 rings (SSSR count). The molecule has 0 radical (unpaired) electrons. The van der Waals surface area contributed by atoms with Crippen LogP contribution in [0.15, 0.2) is 4.99 Å². The molecule has 17 heavy (non-hydrogen) atoms. The molecule has 0 saturated carbocycles. The predicted molar refractivity (Wildman–Crippen MR) is 67.7 cm³/mol. The van der Waals surface area contributed by atoms with Crippen LogP contribution in [-0.2, 0) is 9.47 Å². The van der Waals surface area contributed by atoms with Crippen molar-refractivity contribution in [3.63, 3.8) is 0 Å². The summed E-state index contributed by atoms with van der Waals surface area (Å²) in [5, 5.41) is 0. The largest absolute Gasteiger partial charge is 0.385 e. The molecule has 6 heteroatoms. The molecule has 2 atom stereocenters. The van der Waals surface area contributed by atoms with Crippen molar-refractivity contribution in [1.82, 2.24) is 10.3 Å². The standard InChI is InChI=1S/C11H24N4O2/c1-9-7-15(8-10(2)17-9)11(14-12)13-5-4-6-16-3/h9-10H,4-8,12H2,1-3H3,(H,13,14)/t9-,10+. The van der Waals surface area contributed by atoms with Gasteiger partial charge >= 0.3 is 0 Å². The topological polar surface area (TPSA) is 72.1 Å². The fraction of sp³-hybridized carbons (Fsp3) is 0.909. The first-order chi connectivity index (χ1) is 8.17. The van der Waals surface area contributed by atoms with Crippen LogP contribution in [0.1, 0.15) is 20.3 Å². The molecule has 6 nitrogen and oxygen atoms in total. The Morgan fingerprint density at radius 3 is 2.65 bits per heavy atom. The van der Waals surface area contributed by atoms with Crippen LogP contribution >= 0.6 is 0 Å². The number of ether oxygens (including phenoxy) is 2. The minimum Gasteiger partial charge on any atom is -0.385 e. The van der Waals surface area contributed by atoms with Crippen LogP contribution in [0.2, 0.25) is 0 Å². The van der Waals surface area contributed by atoms with Crippen molar-refractivity contribution >= 4 is 5.96 Å². The quantitative estimate of drug-likeness (QED) is 0.238. The second-order valence-electron chi connectivity index (χ2n) is 4.36. The summed E-state index contributed by atoms with van der Waals surface area (Å²) in [5.41, 5.74) is 2.67. The van der Waals surface area contributed by atoms with Gasteiger partial charge in [0.1, 0.15) is 0 Å². The minimum atomic E-state index is 0.205. The SMILES string of the molecule is COCCCN=C(NN)N1C[C@@H](C)O[C@@H](C)C1. The highest BCUT2D eigenvalue weighted by atomic mass is 16.5. The molecular weight excluding hydrogens is 220 g/mol. The minimum absolute atomic E-state index is 0.205. The Balaban J connectivity index is 2.47. The molecule has 100 valence electrons. The van der Waals surface area contributed by atoms with Gasteiger partial charge in [-0.2, -0.15) is 0 Å². The normalized spacial score (nSPS) is 26.1. The van der Waals surface area contributed by atoms with E-state index in [9.17, 15) is 0 Å². The Morgan fingerprint density at radius 1 is 1.47 bits per heavy atom. The fourth-order valence-electron chi connectivity index (χ4n) is 1.98. The van der Waals surface area contributed by atoms with Crippen molar-refractivity contribution in [2.45, 2.75) is 32.5 Å². The summed E-state index contributed by atoms with van der Waals surface area (Å²) in [4.78, 5) is 6.57. The molecule has 0 aromatic rings. The molecule has 1 heterocycles. The molecule has 0 aromatic heterocycles. The van der Waals surface area contributed by atoms with Crippen LogP contribution in [0.4, 0.5) is 0 Å². The Hall–Kier alpha value is -0.850. The van der Waals surface area contributed by atoms with Gasteiger partial charge in [-0.3, -0.25) is 10.4 Å². The zero-order chi connectivity index (χ0) is 12.7. The number of hydrazine groups is 1. The van der Waals surface area contributed by atoms with Crippen molar-refractivity contribution in [1.29, 1.82) is 0 Å². The molecule has 0 spiro atoms. The average molecular weight is 244 g/mol. The van der Waals surface area contributed by atoms with Gasteiger partial charge in [0.05, 0.1) is 12.2 Å². The molecule has 0 bridgehead atoms. The van der Waals surface area contributed by atoms with Gasteiger partial charge in [0.2, 0.25) is 5.96 Å². The van der Waals surface area contributed by atoms with Crippen LogP contribution in [-0.4, -0.2) is 56.4 Å². The number of hydrogen-bond acceptors (Lipinski definition) is 4. The lowest BCUT2D eigenvalue weighted by molar-refractivity contribution is -0.0489. The van der Waals surface area contributed by atoms with Crippen LogP contribution in [0.5, 0.6) is 0 Å². The van der Waals surface area contributed by atoms with E-state index in [1.54, 1.807) is 7.11 Å². The third kappa shape index (κ3) is 4.89. The van der Waals surface area contributed by atoms with Gasteiger partial charge in [-0.25, -0.2) is 5.84 Å². The monoisotopic (exact) mass is 244 g/mol. The van der Waals surface area contributed by atoms with Gasteiger partial charge in [0.15, 0.2) is 0 Å². The Bertz CT molecular complexity index is 238. The first-order valence-electron chi connectivity index (χ1n) is 6.07. The van der Waals surface area contributed by atoms with E-state index in [4.69, 9.17) is 15.3 Å². The lowest BCUT2D eigenvalue weighted by atomic mass is 10.2. The van der Waals surface area contributed by atoms with E-state index in [2.05, 4.69) is 29.2 Å². The van der Waals surface area contributed by atoms with Crippen LogP contribution in [0, 0.1) is 0 Å². The molecule has 1 saturated heterocycles. The Labute approximate surface area is 103 Å². The third-order valence-electron chi connectivity index (χ3n) is 2.62. The van der Waals surface area contributed by atoms with Gasteiger partial charge in [-0.05, 0) is 20.3 Å². The number of methoxy groups -OCH3 is 1. The second-order valence-corrected chi connectivity index (χ2v) is 4.36. The molecule has 0 unspecified atom stereocenters. The molecule has 3 N–H and O–H groups in total. The highest BCUT2D eigenvalue weighted by molar-refractivity contribution is 5.79. The predicted octanol–water partition coefficient (Wildman–Crippen LogP) is -0.0486. The molecule has 0 aliphatic carbocycles. The van der Waals surface area contributed by atoms with Crippen LogP contribution in [0.3, 0.4) is 0 Å². The molecule has 0 amide bonds. The number of nitrogens with two attached hydrogens (primary N) is 1. The van der Waals surface area contributed by atoms with E-state index < -0.39 is 0 Å². The molecule has 1 aliphatic rings. The number of rotatable bonds is 4.